The molecule has 0 saturated carbocycles. The maximum atomic E-state index is 12.1. The number of benzene rings is 1. The van der Waals surface area contributed by atoms with Gasteiger partial charge >= 0.3 is 0 Å². The smallest absolute Gasteiger partial charge is 0.187 e. The van der Waals surface area contributed by atoms with Crippen LogP contribution in [0.4, 0.5) is 0 Å². The molecule has 20 heavy (non-hydrogen) atoms. The quantitative estimate of drug-likeness (QED) is 0.685. The minimum absolute atomic E-state index is 0.000406. The first-order valence-electron chi connectivity index (χ1n) is 6.27. The number of aromatic nitrogens is 2. The third-order valence-electron chi connectivity index (χ3n) is 2.88. The molecular formula is C16H12N2OS. The molecule has 0 saturated heterocycles. The Hall–Kier alpha value is -2.33. The van der Waals surface area contributed by atoms with E-state index >= 15 is 0 Å². The minimum Gasteiger partial charge on any atom is -0.292 e. The summed E-state index contributed by atoms with van der Waals surface area (Å²) in [5.41, 5.74) is 2.48. The second-order valence-corrected chi connectivity index (χ2v) is 5.25. The minimum atomic E-state index is -0.000406. The van der Waals surface area contributed by atoms with Crippen LogP contribution in [0.3, 0.4) is 0 Å². The molecule has 0 amide bonds. The molecule has 4 heteroatoms. The van der Waals surface area contributed by atoms with Gasteiger partial charge in [-0.2, -0.15) is 0 Å². The van der Waals surface area contributed by atoms with Crippen molar-refractivity contribution in [1.82, 2.24) is 9.97 Å². The summed E-state index contributed by atoms with van der Waals surface area (Å²) < 4.78 is 0. The summed E-state index contributed by atoms with van der Waals surface area (Å²) in [7, 11) is 0. The van der Waals surface area contributed by atoms with Gasteiger partial charge in [-0.1, -0.05) is 36.4 Å². The summed E-state index contributed by atoms with van der Waals surface area (Å²) >= 11 is 1.51. The molecule has 1 aromatic carbocycles. The van der Waals surface area contributed by atoms with E-state index < -0.39 is 0 Å². The monoisotopic (exact) mass is 280 g/mol. The third kappa shape index (κ3) is 2.81. The highest BCUT2D eigenvalue weighted by Crippen LogP contribution is 2.22. The lowest BCUT2D eigenvalue weighted by atomic mass is 10.2. The summed E-state index contributed by atoms with van der Waals surface area (Å²) in [6.07, 6.45) is 1.93. The van der Waals surface area contributed by atoms with E-state index in [0.717, 1.165) is 16.3 Å². The highest BCUT2D eigenvalue weighted by atomic mass is 32.1. The van der Waals surface area contributed by atoms with Gasteiger partial charge in [0.25, 0.3) is 0 Å². The van der Waals surface area contributed by atoms with Gasteiger partial charge in [0, 0.05) is 17.1 Å². The number of carbonyl (C=O) groups excluding carboxylic acids is 1. The van der Waals surface area contributed by atoms with Crippen molar-refractivity contribution in [2.75, 3.05) is 0 Å². The van der Waals surface area contributed by atoms with Gasteiger partial charge in [0.05, 0.1) is 12.1 Å². The summed E-state index contributed by atoms with van der Waals surface area (Å²) in [5.74, 6) is -0.000406. The molecule has 0 N–H and O–H groups in total. The number of thiazole rings is 1. The van der Waals surface area contributed by atoms with Crippen molar-refractivity contribution in [3.63, 3.8) is 0 Å². The van der Waals surface area contributed by atoms with Gasteiger partial charge in [-0.25, -0.2) is 4.98 Å². The Bertz CT molecular complexity index is 708. The molecule has 0 atom stereocenters. The zero-order chi connectivity index (χ0) is 13.8. The topological polar surface area (TPSA) is 42.9 Å². The number of hydrogen-bond acceptors (Lipinski definition) is 4. The number of rotatable bonds is 4. The maximum absolute atomic E-state index is 12.1. The van der Waals surface area contributed by atoms with Crippen molar-refractivity contribution in [1.29, 1.82) is 0 Å². The largest absolute Gasteiger partial charge is 0.292 e. The van der Waals surface area contributed by atoms with Gasteiger partial charge < -0.3 is 0 Å². The van der Waals surface area contributed by atoms with Gasteiger partial charge in [-0.3, -0.25) is 9.78 Å². The number of Topliss-reactive ketones (excluding diaryl/α,β-unsaturated/α-hetero) is 1. The van der Waals surface area contributed by atoms with Crippen molar-refractivity contribution >= 4 is 17.1 Å². The van der Waals surface area contributed by atoms with E-state index in [-0.39, 0.29) is 5.78 Å². The summed E-state index contributed by atoms with van der Waals surface area (Å²) in [4.78, 5) is 20.6. The van der Waals surface area contributed by atoms with E-state index in [1.54, 1.807) is 18.3 Å². The van der Waals surface area contributed by atoms with Crippen molar-refractivity contribution in [2.24, 2.45) is 0 Å². The number of carbonyl (C=O) groups is 1. The van der Waals surface area contributed by atoms with Gasteiger partial charge in [-0.15, -0.1) is 11.3 Å². The number of nitrogens with zero attached hydrogens (tertiary/aromatic N) is 2. The van der Waals surface area contributed by atoms with E-state index in [0.29, 0.717) is 12.1 Å². The van der Waals surface area contributed by atoms with Crippen LogP contribution in [0.2, 0.25) is 0 Å². The molecule has 0 fully saturated rings. The lowest BCUT2D eigenvalue weighted by Crippen LogP contribution is -2.05. The second-order valence-electron chi connectivity index (χ2n) is 4.31. The van der Waals surface area contributed by atoms with Crippen LogP contribution in [-0.4, -0.2) is 15.8 Å². The Labute approximate surface area is 121 Å². The zero-order valence-electron chi connectivity index (χ0n) is 10.7. The van der Waals surface area contributed by atoms with Crippen molar-refractivity contribution in [2.45, 2.75) is 6.42 Å². The predicted octanol–water partition coefficient (Wildman–Crippen LogP) is 3.63. The van der Waals surface area contributed by atoms with Crippen LogP contribution in [-0.2, 0) is 6.42 Å². The van der Waals surface area contributed by atoms with Crippen molar-refractivity contribution in [3.05, 3.63) is 70.8 Å². The summed E-state index contributed by atoms with van der Waals surface area (Å²) in [5, 5.41) is 2.80. The average molecular weight is 280 g/mol. The number of hydrogen-bond donors (Lipinski definition) is 0. The Kier molecular flexibility index (Phi) is 3.65. The van der Waals surface area contributed by atoms with Gasteiger partial charge in [0.15, 0.2) is 5.78 Å². The first kappa shape index (κ1) is 12.7. The highest BCUT2D eigenvalue weighted by Gasteiger charge is 2.11. The molecule has 0 radical (unpaired) electrons. The molecule has 0 bridgehead atoms. The summed E-state index contributed by atoms with van der Waals surface area (Å²) in [6, 6.07) is 15.3. The molecule has 2 heterocycles. The number of ketones is 1. The lowest BCUT2D eigenvalue weighted by Gasteiger charge is -1.97. The Morgan fingerprint density at radius 1 is 1.05 bits per heavy atom. The van der Waals surface area contributed by atoms with Crippen LogP contribution in [0.5, 0.6) is 0 Å². The molecule has 0 aliphatic heterocycles. The zero-order valence-corrected chi connectivity index (χ0v) is 11.5. The van der Waals surface area contributed by atoms with Crippen LogP contribution >= 0.6 is 11.3 Å². The summed E-state index contributed by atoms with van der Waals surface area (Å²) in [6.45, 7) is 0. The van der Waals surface area contributed by atoms with E-state index in [9.17, 15) is 4.79 Å². The maximum Gasteiger partial charge on any atom is 0.187 e. The van der Waals surface area contributed by atoms with Crippen molar-refractivity contribution < 1.29 is 4.79 Å². The number of pyridine rings is 1. The van der Waals surface area contributed by atoms with Crippen LogP contribution in [0, 0.1) is 0 Å². The normalized spacial score (nSPS) is 10.4. The molecule has 3 nitrogen and oxygen atoms in total. The van der Waals surface area contributed by atoms with Crippen LogP contribution in [0.1, 0.15) is 15.5 Å². The molecule has 98 valence electrons. The Balaban J connectivity index is 1.77. The second kappa shape index (κ2) is 5.75. The SMILES string of the molecule is O=C(Cc1nc(-c2ccccc2)cs1)c1ccccn1. The van der Waals surface area contributed by atoms with Gasteiger partial charge in [0.2, 0.25) is 0 Å². The highest BCUT2D eigenvalue weighted by molar-refractivity contribution is 7.10. The van der Waals surface area contributed by atoms with E-state index in [1.807, 2.05) is 41.8 Å². The van der Waals surface area contributed by atoms with Gasteiger partial charge in [0.1, 0.15) is 10.7 Å². The molecule has 0 spiro atoms. The molecule has 2 aromatic heterocycles. The van der Waals surface area contributed by atoms with Gasteiger partial charge in [-0.05, 0) is 12.1 Å². The third-order valence-corrected chi connectivity index (χ3v) is 3.73. The Morgan fingerprint density at radius 2 is 1.85 bits per heavy atom. The van der Waals surface area contributed by atoms with E-state index in [1.165, 1.54) is 11.3 Å². The van der Waals surface area contributed by atoms with E-state index in [4.69, 9.17) is 0 Å². The molecule has 0 aliphatic carbocycles. The molecular weight excluding hydrogens is 268 g/mol. The lowest BCUT2D eigenvalue weighted by molar-refractivity contribution is 0.0988. The van der Waals surface area contributed by atoms with Crippen LogP contribution in [0.25, 0.3) is 11.3 Å². The first-order chi connectivity index (χ1) is 9.83. The fourth-order valence-corrected chi connectivity index (χ4v) is 2.69. The van der Waals surface area contributed by atoms with Crippen LogP contribution < -0.4 is 0 Å². The molecule has 3 rings (SSSR count). The standard InChI is InChI=1S/C16H12N2OS/c19-15(13-8-4-5-9-17-13)10-16-18-14(11-20-16)12-6-2-1-3-7-12/h1-9,11H,10H2. The van der Waals surface area contributed by atoms with Crippen molar-refractivity contribution in [3.8, 4) is 11.3 Å². The molecule has 0 unspecified atom stereocenters. The van der Waals surface area contributed by atoms with E-state index in [2.05, 4.69) is 9.97 Å². The molecule has 0 aliphatic rings. The fraction of sp³-hybridized carbons (Fsp3) is 0.0625. The average Bonchev–Trinajstić information content (AvgIpc) is 2.97. The Morgan fingerprint density at radius 3 is 2.60 bits per heavy atom. The molecule has 3 aromatic rings. The van der Waals surface area contributed by atoms with Crippen LogP contribution in [0.15, 0.2) is 60.1 Å². The first-order valence-corrected chi connectivity index (χ1v) is 7.15. The predicted molar refractivity (Wildman–Crippen MR) is 79.8 cm³/mol. The fourth-order valence-electron chi connectivity index (χ4n) is 1.89.